The van der Waals surface area contributed by atoms with E-state index in [2.05, 4.69) is 33.1 Å². The maximum atomic E-state index is 11.5. The smallest absolute Gasteiger partial charge is 0.229 e. The van der Waals surface area contributed by atoms with Crippen molar-refractivity contribution >= 4 is 27.7 Å². The van der Waals surface area contributed by atoms with Crippen LogP contribution in [0, 0.1) is 0 Å². The van der Waals surface area contributed by atoms with Gasteiger partial charge in [-0.25, -0.2) is 0 Å². The van der Waals surface area contributed by atoms with Crippen LogP contribution >= 0.6 is 15.9 Å². The van der Waals surface area contributed by atoms with Crippen molar-refractivity contribution < 1.29 is 4.79 Å². The van der Waals surface area contributed by atoms with Gasteiger partial charge < -0.3 is 0 Å². The Morgan fingerprint density at radius 1 is 1.79 bits per heavy atom. The minimum absolute atomic E-state index is 0.140. The molecule has 1 N–H and O–H groups in total. The molecule has 0 saturated carbocycles. The molecule has 1 unspecified atom stereocenters. The van der Waals surface area contributed by atoms with E-state index in [1.807, 2.05) is 6.07 Å². The third-order valence-electron chi connectivity index (χ3n) is 2.35. The first-order valence-electron chi connectivity index (χ1n) is 4.69. The number of carbonyl (C=O) groups is 1. The zero-order valence-corrected chi connectivity index (χ0v) is 9.54. The van der Waals surface area contributed by atoms with Gasteiger partial charge in [-0.05, 0) is 6.42 Å². The summed E-state index contributed by atoms with van der Waals surface area (Å²) in [5, 5.41) is 7.02. The molecule has 0 aromatic carbocycles. The molecular weight excluding hydrogens is 246 g/mol. The number of halogens is 1. The SMILES string of the molecule is CCc1cc(N2CC(Br)CC2=O)n[nH]1. The Morgan fingerprint density at radius 3 is 3.07 bits per heavy atom. The Kier molecular flexibility index (Phi) is 2.58. The van der Waals surface area contributed by atoms with Crippen LogP contribution in [0.2, 0.25) is 0 Å². The number of nitrogens with one attached hydrogen (secondary N) is 1. The van der Waals surface area contributed by atoms with Gasteiger partial charge in [0.15, 0.2) is 5.82 Å². The van der Waals surface area contributed by atoms with E-state index in [4.69, 9.17) is 0 Å². The topological polar surface area (TPSA) is 49.0 Å². The fourth-order valence-electron chi connectivity index (χ4n) is 1.55. The van der Waals surface area contributed by atoms with Crippen LogP contribution in [0.5, 0.6) is 0 Å². The molecule has 1 fully saturated rings. The number of aromatic nitrogens is 2. The fourth-order valence-corrected chi connectivity index (χ4v) is 2.12. The van der Waals surface area contributed by atoms with Gasteiger partial charge in [-0.3, -0.25) is 14.8 Å². The molecule has 2 rings (SSSR count). The van der Waals surface area contributed by atoms with E-state index >= 15 is 0 Å². The standard InChI is InChI=1S/C9H12BrN3O/c1-2-7-4-8(12-11-7)13-5-6(10)3-9(13)14/h4,6H,2-3,5H2,1H3,(H,11,12). The largest absolute Gasteiger partial charge is 0.294 e. The van der Waals surface area contributed by atoms with Crippen LogP contribution in [0.3, 0.4) is 0 Å². The summed E-state index contributed by atoms with van der Waals surface area (Å²) in [7, 11) is 0. The van der Waals surface area contributed by atoms with Crippen molar-refractivity contribution in [1.29, 1.82) is 0 Å². The molecule has 2 heterocycles. The number of rotatable bonds is 2. The van der Waals surface area contributed by atoms with Crippen LogP contribution in [0.1, 0.15) is 19.0 Å². The number of aromatic amines is 1. The maximum Gasteiger partial charge on any atom is 0.229 e. The lowest BCUT2D eigenvalue weighted by Gasteiger charge is -2.10. The Hall–Kier alpha value is -0.840. The quantitative estimate of drug-likeness (QED) is 0.816. The highest BCUT2D eigenvalue weighted by Gasteiger charge is 2.30. The molecule has 1 aromatic rings. The Bertz CT molecular complexity index is 350. The molecule has 1 amide bonds. The van der Waals surface area contributed by atoms with Gasteiger partial charge in [0, 0.05) is 29.6 Å². The summed E-state index contributed by atoms with van der Waals surface area (Å²) in [6, 6.07) is 1.93. The van der Waals surface area contributed by atoms with E-state index in [1.54, 1.807) is 4.90 Å². The predicted octanol–water partition coefficient (Wildman–Crippen LogP) is 1.47. The summed E-state index contributed by atoms with van der Waals surface area (Å²) in [5.74, 6) is 0.884. The Labute approximate surface area is 90.8 Å². The molecule has 1 aliphatic rings. The first-order valence-corrected chi connectivity index (χ1v) is 5.61. The monoisotopic (exact) mass is 257 g/mol. The summed E-state index contributed by atoms with van der Waals surface area (Å²) in [6.45, 7) is 2.77. The van der Waals surface area contributed by atoms with Gasteiger partial charge in [0.2, 0.25) is 5.91 Å². The lowest BCUT2D eigenvalue weighted by molar-refractivity contribution is -0.117. The van der Waals surface area contributed by atoms with Gasteiger partial charge in [-0.1, -0.05) is 22.9 Å². The zero-order chi connectivity index (χ0) is 10.1. The second-order valence-corrected chi connectivity index (χ2v) is 4.71. The highest BCUT2D eigenvalue weighted by molar-refractivity contribution is 9.09. The third-order valence-corrected chi connectivity index (χ3v) is 2.97. The molecule has 0 aliphatic carbocycles. The lowest BCUT2D eigenvalue weighted by Crippen LogP contribution is -2.24. The minimum Gasteiger partial charge on any atom is -0.294 e. The van der Waals surface area contributed by atoms with Crippen molar-refractivity contribution in [1.82, 2.24) is 10.2 Å². The summed E-state index contributed by atoms with van der Waals surface area (Å²) in [6.07, 6.45) is 1.47. The van der Waals surface area contributed by atoms with E-state index in [-0.39, 0.29) is 10.7 Å². The molecular formula is C9H12BrN3O. The first-order chi connectivity index (χ1) is 6.70. The average Bonchev–Trinajstić information content (AvgIpc) is 2.71. The maximum absolute atomic E-state index is 11.5. The second kappa shape index (κ2) is 3.73. The van der Waals surface area contributed by atoms with E-state index in [0.717, 1.165) is 17.9 Å². The molecule has 4 nitrogen and oxygen atoms in total. The molecule has 1 atom stereocenters. The summed E-state index contributed by atoms with van der Waals surface area (Å²) in [5.41, 5.74) is 1.06. The highest BCUT2D eigenvalue weighted by atomic mass is 79.9. The number of H-pyrrole nitrogens is 1. The second-order valence-electron chi connectivity index (χ2n) is 3.41. The molecule has 1 aliphatic heterocycles. The number of hydrogen-bond acceptors (Lipinski definition) is 2. The van der Waals surface area contributed by atoms with Gasteiger partial charge >= 0.3 is 0 Å². The molecule has 0 bridgehead atoms. The number of anilines is 1. The van der Waals surface area contributed by atoms with E-state index in [0.29, 0.717) is 13.0 Å². The fraction of sp³-hybridized carbons (Fsp3) is 0.556. The minimum atomic E-state index is 0.140. The van der Waals surface area contributed by atoms with E-state index in [9.17, 15) is 4.79 Å². The van der Waals surface area contributed by atoms with Crippen molar-refractivity contribution in [3.05, 3.63) is 11.8 Å². The van der Waals surface area contributed by atoms with Crippen molar-refractivity contribution in [2.75, 3.05) is 11.4 Å². The van der Waals surface area contributed by atoms with E-state index in [1.165, 1.54) is 0 Å². The zero-order valence-electron chi connectivity index (χ0n) is 7.96. The molecule has 1 aromatic heterocycles. The molecule has 1 saturated heterocycles. The summed E-state index contributed by atoms with van der Waals surface area (Å²) in [4.78, 5) is 13.5. The number of carbonyl (C=O) groups excluding carboxylic acids is 1. The number of alkyl halides is 1. The Morgan fingerprint density at radius 2 is 2.57 bits per heavy atom. The lowest BCUT2D eigenvalue weighted by atomic mass is 10.3. The number of hydrogen-bond donors (Lipinski definition) is 1. The van der Waals surface area contributed by atoms with Crippen LogP contribution in [0.15, 0.2) is 6.07 Å². The van der Waals surface area contributed by atoms with Crippen LogP contribution in [-0.2, 0) is 11.2 Å². The summed E-state index contributed by atoms with van der Waals surface area (Å²) < 4.78 is 0. The first kappa shape index (κ1) is 9.71. The van der Waals surface area contributed by atoms with Gasteiger partial charge in [0.05, 0.1) is 0 Å². The van der Waals surface area contributed by atoms with Crippen LogP contribution in [-0.4, -0.2) is 27.5 Å². The van der Waals surface area contributed by atoms with Crippen LogP contribution < -0.4 is 4.90 Å². The Balaban J connectivity index is 2.18. The van der Waals surface area contributed by atoms with Crippen LogP contribution in [0.4, 0.5) is 5.82 Å². The third kappa shape index (κ3) is 1.68. The predicted molar refractivity (Wildman–Crippen MR) is 57.7 cm³/mol. The highest BCUT2D eigenvalue weighted by Crippen LogP contribution is 2.23. The molecule has 5 heteroatoms. The number of amides is 1. The molecule has 0 spiro atoms. The van der Waals surface area contributed by atoms with Gasteiger partial charge in [0.1, 0.15) is 0 Å². The van der Waals surface area contributed by atoms with Gasteiger partial charge in [-0.15, -0.1) is 0 Å². The molecule has 0 radical (unpaired) electrons. The number of aryl methyl sites for hydroxylation is 1. The average molecular weight is 258 g/mol. The van der Waals surface area contributed by atoms with E-state index < -0.39 is 0 Å². The normalized spacial score (nSPS) is 22.0. The number of nitrogens with zero attached hydrogens (tertiary/aromatic N) is 2. The van der Waals surface area contributed by atoms with Crippen molar-refractivity contribution in [2.24, 2.45) is 0 Å². The molecule has 14 heavy (non-hydrogen) atoms. The summed E-state index contributed by atoms with van der Waals surface area (Å²) >= 11 is 3.44. The van der Waals surface area contributed by atoms with Gasteiger partial charge in [0.25, 0.3) is 0 Å². The van der Waals surface area contributed by atoms with Gasteiger partial charge in [-0.2, -0.15) is 5.10 Å². The molecule has 76 valence electrons. The van der Waals surface area contributed by atoms with Crippen molar-refractivity contribution in [2.45, 2.75) is 24.6 Å². The van der Waals surface area contributed by atoms with Crippen molar-refractivity contribution in [3.63, 3.8) is 0 Å². The van der Waals surface area contributed by atoms with Crippen molar-refractivity contribution in [3.8, 4) is 0 Å². The van der Waals surface area contributed by atoms with Crippen LogP contribution in [0.25, 0.3) is 0 Å².